The Morgan fingerprint density at radius 3 is 2.60 bits per heavy atom. The minimum absolute atomic E-state index is 0.217. The number of carboxylic acids is 1. The smallest absolute Gasteiger partial charge is 0.339 e. The van der Waals surface area contributed by atoms with Crippen LogP contribution in [0.25, 0.3) is 6.08 Å². The number of carbonyl (C=O) groups is 1. The third-order valence-corrected chi connectivity index (χ3v) is 1.82. The van der Waals surface area contributed by atoms with Gasteiger partial charge in [0.15, 0.2) is 0 Å². The Labute approximate surface area is 88.9 Å². The van der Waals surface area contributed by atoms with Crippen molar-refractivity contribution in [3.8, 4) is 0 Å². The second-order valence-corrected chi connectivity index (χ2v) is 2.98. The lowest BCUT2D eigenvalue weighted by molar-refractivity contribution is -0.132. The molecule has 0 fully saturated rings. The Kier molecular flexibility index (Phi) is 4.14. The molecule has 0 atom stereocenters. The van der Waals surface area contributed by atoms with E-state index in [0.29, 0.717) is 6.42 Å². The second-order valence-electron chi connectivity index (χ2n) is 2.98. The SMILES string of the molecule is C=CCC(=C=Cc1ccccc1)C(=O)O. The van der Waals surface area contributed by atoms with Gasteiger partial charge in [0.1, 0.15) is 0 Å². The number of rotatable bonds is 4. The molecule has 15 heavy (non-hydrogen) atoms. The number of carboxylic acid groups (broad SMARTS) is 1. The van der Waals surface area contributed by atoms with Crippen LogP contribution in [0.2, 0.25) is 0 Å². The molecule has 0 radical (unpaired) electrons. The van der Waals surface area contributed by atoms with E-state index in [1.807, 2.05) is 30.3 Å². The van der Waals surface area contributed by atoms with Crippen molar-refractivity contribution in [2.45, 2.75) is 6.42 Å². The average molecular weight is 200 g/mol. The standard InChI is InChI=1S/C13H12O2/c1-2-6-12(13(14)15)10-9-11-7-4-3-5-8-11/h2-5,7-9H,1,6H2,(H,14,15). The van der Waals surface area contributed by atoms with Crippen LogP contribution >= 0.6 is 0 Å². The highest BCUT2D eigenvalue weighted by molar-refractivity contribution is 5.87. The number of aliphatic carboxylic acids is 1. The van der Waals surface area contributed by atoms with Crippen LogP contribution in [0.1, 0.15) is 12.0 Å². The highest BCUT2D eigenvalue weighted by Crippen LogP contribution is 2.04. The van der Waals surface area contributed by atoms with E-state index in [4.69, 9.17) is 5.11 Å². The van der Waals surface area contributed by atoms with Crippen molar-refractivity contribution in [1.29, 1.82) is 0 Å². The first-order valence-electron chi connectivity index (χ1n) is 4.59. The van der Waals surface area contributed by atoms with E-state index in [2.05, 4.69) is 12.3 Å². The molecule has 0 aliphatic carbocycles. The molecule has 0 unspecified atom stereocenters. The maximum absolute atomic E-state index is 10.7. The number of hydrogen-bond donors (Lipinski definition) is 1. The average Bonchev–Trinajstić information content (AvgIpc) is 2.25. The molecule has 2 heteroatoms. The summed E-state index contributed by atoms with van der Waals surface area (Å²) in [6.45, 7) is 3.50. The zero-order valence-corrected chi connectivity index (χ0v) is 8.31. The van der Waals surface area contributed by atoms with Crippen molar-refractivity contribution in [2.75, 3.05) is 0 Å². The highest BCUT2D eigenvalue weighted by atomic mass is 16.4. The molecule has 0 aliphatic heterocycles. The van der Waals surface area contributed by atoms with E-state index in [-0.39, 0.29) is 5.57 Å². The summed E-state index contributed by atoms with van der Waals surface area (Å²) in [7, 11) is 0. The minimum atomic E-state index is -0.956. The molecule has 0 aromatic heterocycles. The van der Waals surface area contributed by atoms with Gasteiger partial charge < -0.3 is 5.11 Å². The molecule has 0 heterocycles. The normalized spacial score (nSPS) is 8.80. The predicted octanol–water partition coefficient (Wildman–Crippen LogP) is 2.89. The summed E-state index contributed by atoms with van der Waals surface area (Å²) in [5.74, 6) is -0.956. The van der Waals surface area contributed by atoms with E-state index in [1.54, 1.807) is 12.2 Å². The van der Waals surface area contributed by atoms with Crippen LogP contribution in [-0.2, 0) is 4.79 Å². The van der Waals surface area contributed by atoms with Gasteiger partial charge in [-0.15, -0.1) is 12.3 Å². The van der Waals surface area contributed by atoms with Gasteiger partial charge in [-0.3, -0.25) is 0 Å². The van der Waals surface area contributed by atoms with Gasteiger partial charge in [0.05, 0.1) is 5.57 Å². The third kappa shape index (κ3) is 3.67. The van der Waals surface area contributed by atoms with Crippen molar-refractivity contribution in [3.63, 3.8) is 0 Å². The molecule has 1 rings (SSSR count). The summed E-state index contributed by atoms with van der Waals surface area (Å²) in [5.41, 5.74) is 3.90. The molecule has 1 N–H and O–H groups in total. The molecule has 2 nitrogen and oxygen atoms in total. The Bertz CT molecular complexity index is 409. The zero-order chi connectivity index (χ0) is 11.1. The largest absolute Gasteiger partial charge is 0.477 e. The first-order valence-corrected chi connectivity index (χ1v) is 4.59. The molecule has 0 spiro atoms. The van der Waals surface area contributed by atoms with Gasteiger partial charge in [0.2, 0.25) is 0 Å². The molecule has 1 aromatic carbocycles. The zero-order valence-electron chi connectivity index (χ0n) is 8.31. The summed E-state index contributed by atoms with van der Waals surface area (Å²) in [4.78, 5) is 10.7. The van der Waals surface area contributed by atoms with E-state index < -0.39 is 5.97 Å². The van der Waals surface area contributed by atoms with Gasteiger partial charge in [-0.1, -0.05) is 36.4 Å². The summed E-state index contributed by atoms with van der Waals surface area (Å²) in [6, 6.07) is 9.46. The van der Waals surface area contributed by atoms with Crippen LogP contribution in [0.4, 0.5) is 0 Å². The fourth-order valence-electron chi connectivity index (χ4n) is 1.07. The topological polar surface area (TPSA) is 37.3 Å². The summed E-state index contributed by atoms with van der Waals surface area (Å²) in [5, 5.41) is 8.82. The Balaban J connectivity index is 2.97. The third-order valence-electron chi connectivity index (χ3n) is 1.82. The van der Waals surface area contributed by atoms with Gasteiger partial charge in [-0.05, 0) is 11.6 Å². The van der Waals surface area contributed by atoms with Crippen LogP contribution in [-0.4, -0.2) is 11.1 Å². The molecule has 0 aliphatic rings. The van der Waals surface area contributed by atoms with Crippen LogP contribution in [0.5, 0.6) is 0 Å². The monoisotopic (exact) mass is 200 g/mol. The first-order chi connectivity index (χ1) is 7.24. The fraction of sp³-hybridized carbons (Fsp3) is 0.0769. The van der Waals surface area contributed by atoms with Gasteiger partial charge >= 0.3 is 5.97 Å². The Hall–Kier alpha value is -2.05. The molecule has 1 aromatic rings. The Morgan fingerprint density at radius 2 is 2.07 bits per heavy atom. The minimum Gasteiger partial charge on any atom is -0.477 e. The van der Waals surface area contributed by atoms with Gasteiger partial charge in [0, 0.05) is 6.42 Å². The molecule has 0 bridgehead atoms. The lowest BCUT2D eigenvalue weighted by atomic mass is 10.1. The van der Waals surface area contributed by atoms with Crippen LogP contribution in [0.3, 0.4) is 0 Å². The number of benzene rings is 1. The van der Waals surface area contributed by atoms with E-state index in [0.717, 1.165) is 5.56 Å². The van der Waals surface area contributed by atoms with Gasteiger partial charge in [0.25, 0.3) is 0 Å². The Morgan fingerprint density at radius 1 is 1.40 bits per heavy atom. The number of hydrogen-bond acceptors (Lipinski definition) is 1. The second kappa shape index (κ2) is 5.63. The maximum Gasteiger partial charge on any atom is 0.339 e. The van der Waals surface area contributed by atoms with Crippen molar-refractivity contribution in [1.82, 2.24) is 0 Å². The van der Waals surface area contributed by atoms with Gasteiger partial charge in [-0.25, -0.2) is 4.79 Å². The molecule has 76 valence electrons. The van der Waals surface area contributed by atoms with Crippen LogP contribution in [0, 0.1) is 0 Å². The quantitative estimate of drug-likeness (QED) is 0.461. The maximum atomic E-state index is 10.7. The molecule has 0 amide bonds. The van der Waals surface area contributed by atoms with Crippen molar-refractivity contribution in [3.05, 3.63) is 59.9 Å². The molecule has 0 saturated heterocycles. The first kappa shape index (κ1) is 11.0. The summed E-state index contributed by atoms with van der Waals surface area (Å²) < 4.78 is 0. The fourth-order valence-corrected chi connectivity index (χ4v) is 1.07. The van der Waals surface area contributed by atoms with E-state index >= 15 is 0 Å². The lowest BCUT2D eigenvalue weighted by Gasteiger charge is -1.92. The lowest BCUT2D eigenvalue weighted by Crippen LogP contribution is -1.97. The van der Waals surface area contributed by atoms with Crippen LogP contribution < -0.4 is 0 Å². The summed E-state index contributed by atoms with van der Waals surface area (Å²) in [6.07, 6.45) is 3.53. The van der Waals surface area contributed by atoms with Gasteiger partial charge in [-0.2, -0.15) is 0 Å². The van der Waals surface area contributed by atoms with Crippen molar-refractivity contribution >= 4 is 12.0 Å². The van der Waals surface area contributed by atoms with Crippen molar-refractivity contribution in [2.24, 2.45) is 0 Å². The molecular formula is C13H12O2. The summed E-state index contributed by atoms with van der Waals surface area (Å²) >= 11 is 0. The van der Waals surface area contributed by atoms with Crippen molar-refractivity contribution < 1.29 is 9.90 Å². The molecule has 0 saturated carbocycles. The number of allylic oxidation sites excluding steroid dienone is 1. The van der Waals surface area contributed by atoms with E-state index in [1.165, 1.54) is 0 Å². The van der Waals surface area contributed by atoms with Crippen LogP contribution in [0.15, 0.2) is 54.3 Å². The molecular weight excluding hydrogens is 188 g/mol. The predicted molar refractivity (Wildman–Crippen MR) is 60.4 cm³/mol. The highest BCUT2D eigenvalue weighted by Gasteiger charge is 2.02. The van der Waals surface area contributed by atoms with E-state index in [9.17, 15) is 4.79 Å².